The predicted octanol–water partition coefficient (Wildman–Crippen LogP) is 16.9. The van der Waals surface area contributed by atoms with Crippen LogP contribution < -0.4 is 0 Å². The highest BCUT2D eigenvalue weighted by Crippen LogP contribution is 2.50. The number of thiophene rings is 1. The topological polar surface area (TPSA) is 67.3 Å². The first-order valence-corrected chi connectivity index (χ1v) is 24.6. The van der Waals surface area contributed by atoms with Crippen LogP contribution in [0, 0.1) is 47.0 Å². The number of halogens is 3. The van der Waals surface area contributed by atoms with Crippen LogP contribution >= 0.6 is 11.3 Å². The second-order valence-corrected chi connectivity index (χ2v) is 19.8. The number of rotatable bonds is 4. The molecule has 6 nitrogen and oxygen atoms in total. The van der Waals surface area contributed by atoms with Gasteiger partial charge in [-0.1, -0.05) is 96.6 Å². The summed E-state index contributed by atoms with van der Waals surface area (Å²) < 4.78 is 57.1. The fraction of sp³-hybridized carbons (Fsp3) is 0.0159. The van der Waals surface area contributed by atoms with Gasteiger partial charge in [0.2, 0.25) is 0 Å². The lowest BCUT2D eigenvalue weighted by Gasteiger charge is -2.27. The molecule has 10 heteroatoms. The van der Waals surface area contributed by atoms with Crippen LogP contribution in [0.4, 0.5) is 13.2 Å². The third-order valence-electron chi connectivity index (χ3n) is 14.8. The summed E-state index contributed by atoms with van der Waals surface area (Å²) in [4.78, 5) is 0. The van der Waals surface area contributed by atoms with Gasteiger partial charge in [0, 0.05) is 58.6 Å². The lowest BCUT2D eigenvalue weighted by molar-refractivity contribution is 0.629. The molecule has 0 fully saturated rings. The number of nitrogens with zero attached hydrogens (tertiary/aromatic N) is 6. The molecule has 0 saturated heterocycles. The van der Waals surface area contributed by atoms with Crippen LogP contribution in [0.25, 0.3) is 130 Å². The van der Waals surface area contributed by atoms with E-state index in [1.807, 2.05) is 98.6 Å². The van der Waals surface area contributed by atoms with Gasteiger partial charge in [-0.25, -0.2) is 13.2 Å². The standard InChI is InChI=1S/C63H33F3N6S/c1-34-18-24-56-44(28-34)42-22-23-43-41-13-5-9-17-57(41)73-63(43)62(42)72(56)61-49(33-68)59(70-51-15-7-3-11-39(51)46-30-36(65)20-26-54(46)70)58(69-50-14-6-2-10-38(50)45-29-35(64)19-25-53(45)69)48(32-67)60(61)71-52-16-8-4-12-40(52)47-31-37(66)21-27-55(47)71/h2-31H,1H3. The van der Waals surface area contributed by atoms with E-state index >= 15 is 13.2 Å². The molecule has 0 spiro atoms. The maximum Gasteiger partial charge on any atom is 0.123 e. The molecular weight excluding hydrogens is 930 g/mol. The van der Waals surface area contributed by atoms with Gasteiger partial charge >= 0.3 is 0 Å². The summed E-state index contributed by atoms with van der Waals surface area (Å²) in [7, 11) is 0. The van der Waals surface area contributed by atoms with Gasteiger partial charge in [-0.2, -0.15) is 10.5 Å². The van der Waals surface area contributed by atoms with E-state index in [9.17, 15) is 10.5 Å². The summed E-state index contributed by atoms with van der Waals surface area (Å²) in [6.07, 6.45) is 0. The highest BCUT2D eigenvalue weighted by molar-refractivity contribution is 7.26. The van der Waals surface area contributed by atoms with Crippen LogP contribution in [-0.4, -0.2) is 18.3 Å². The molecule has 0 saturated carbocycles. The molecule has 0 amide bonds. The number of benzene rings is 10. The largest absolute Gasteiger partial charge is 0.306 e. The Morgan fingerprint density at radius 2 is 0.726 bits per heavy atom. The van der Waals surface area contributed by atoms with E-state index in [4.69, 9.17) is 0 Å². The zero-order chi connectivity index (χ0) is 49.0. The van der Waals surface area contributed by atoms with E-state index in [1.54, 1.807) is 29.5 Å². The van der Waals surface area contributed by atoms with Crippen LogP contribution in [0.5, 0.6) is 0 Å². The van der Waals surface area contributed by atoms with Crippen molar-refractivity contribution < 1.29 is 13.2 Å². The van der Waals surface area contributed by atoms with Crippen molar-refractivity contribution in [3.05, 3.63) is 216 Å². The summed E-state index contributed by atoms with van der Waals surface area (Å²) in [6.45, 7) is 2.06. The third kappa shape index (κ3) is 5.50. The molecule has 15 rings (SSSR count). The van der Waals surface area contributed by atoms with Crippen molar-refractivity contribution in [1.82, 2.24) is 18.3 Å². The van der Waals surface area contributed by atoms with Crippen LogP contribution in [0.2, 0.25) is 0 Å². The van der Waals surface area contributed by atoms with Gasteiger partial charge in [-0.05, 0) is 97.9 Å². The summed E-state index contributed by atoms with van der Waals surface area (Å²) in [5.74, 6) is -1.28. The highest BCUT2D eigenvalue weighted by atomic mass is 32.1. The zero-order valence-electron chi connectivity index (χ0n) is 38.5. The Labute approximate surface area is 416 Å². The van der Waals surface area contributed by atoms with Crippen LogP contribution in [0.3, 0.4) is 0 Å². The number of fused-ring (bicyclic) bond motifs is 16. The average Bonchev–Trinajstić information content (AvgIpc) is 4.21. The Kier molecular flexibility index (Phi) is 8.44. The maximum atomic E-state index is 15.7. The molecule has 73 heavy (non-hydrogen) atoms. The fourth-order valence-electron chi connectivity index (χ4n) is 12.0. The Hall–Kier alpha value is -9.61. The minimum atomic E-state index is -0.430. The Morgan fingerprint density at radius 3 is 1.21 bits per heavy atom. The minimum absolute atomic E-state index is 0.182. The summed E-state index contributed by atoms with van der Waals surface area (Å²) >= 11 is 1.67. The van der Waals surface area contributed by atoms with Crippen molar-refractivity contribution in [2.24, 2.45) is 0 Å². The van der Waals surface area contributed by atoms with Gasteiger partial charge in [0.15, 0.2) is 0 Å². The zero-order valence-corrected chi connectivity index (χ0v) is 39.4. The van der Waals surface area contributed by atoms with Gasteiger partial charge < -0.3 is 18.3 Å². The molecule has 5 aromatic heterocycles. The number of aryl methyl sites for hydroxylation is 1. The Morgan fingerprint density at radius 1 is 0.356 bits per heavy atom. The first-order valence-electron chi connectivity index (χ1n) is 23.8. The van der Waals surface area contributed by atoms with Crippen molar-refractivity contribution >= 4 is 119 Å². The molecule has 0 unspecified atom stereocenters. The quantitative estimate of drug-likeness (QED) is 0.176. The maximum absolute atomic E-state index is 15.7. The molecular formula is C63H33F3N6S. The third-order valence-corrected chi connectivity index (χ3v) is 16.0. The van der Waals surface area contributed by atoms with E-state index < -0.39 is 17.5 Å². The van der Waals surface area contributed by atoms with Crippen molar-refractivity contribution in [1.29, 1.82) is 10.5 Å². The van der Waals surface area contributed by atoms with Crippen LogP contribution in [0.1, 0.15) is 16.7 Å². The minimum Gasteiger partial charge on any atom is -0.306 e. The Bertz CT molecular complexity index is 5070. The number of nitriles is 2. The normalized spacial score (nSPS) is 12.1. The Balaban J connectivity index is 1.29. The van der Waals surface area contributed by atoms with E-state index in [0.29, 0.717) is 72.0 Å². The fourth-order valence-corrected chi connectivity index (χ4v) is 13.2. The van der Waals surface area contributed by atoms with E-state index in [2.05, 4.69) is 66.1 Å². The predicted molar refractivity (Wildman–Crippen MR) is 291 cm³/mol. The first kappa shape index (κ1) is 41.2. The average molecular weight is 963 g/mol. The van der Waals surface area contributed by atoms with Gasteiger partial charge in [0.1, 0.15) is 40.7 Å². The van der Waals surface area contributed by atoms with Crippen molar-refractivity contribution in [3.63, 3.8) is 0 Å². The molecule has 0 aliphatic heterocycles. The van der Waals surface area contributed by atoms with Gasteiger partial charge in [0.05, 0.1) is 71.6 Å². The second kappa shape index (κ2) is 15.0. The van der Waals surface area contributed by atoms with Crippen molar-refractivity contribution in [3.8, 4) is 34.9 Å². The molecule has 15 aromatic rings. The molecule has 0 radical (unpaired) electrons. The molecule has 342 valence electrons. The van der Waals surface area contributed by atoms with Gasteiger partial charge in [0.25, 0.3) is 0 Å². The molecule has 0 N–H and O–H groups in total. The number of para-hydroxylation sites is 3. The molecule has 0 aliphatic rings. The highest BCUT2D eigenvalue weighted by Gasteiger charge is 2.35. The summed E-state index contributed by atoms with van der Waals surface area (Å²) in [5, 5.41) is 33.2. The van der Waals surface area contributed by atoms with Crippen LogP contribution in [0.15, 0.2) is 182 Å². The summed E-state index contributed by atoms with van der Waals surface area (Å²) in [5.41, 5.74) is 8.42. The van der Waals surface area contributed by atoms with Crippen molar-refractivity contribution in [2.75, 3.05) is 0 Å². The lowest BCUT2D eigenvalue weighted by Crippen LogP contribution is -2.16. The smallest absolute Gasteiger partial charge is 0.123 e. The lowest BCUT2D eigenvalue weighted by atomic mass is 9.98. The number of hydrogen-bond donors (Lipinski definition) is 0. The van der Waals surface area contributed by atoms with Gasteiger partial charge in [-0.3, -0.25) is 0 Å². The molecule has 0 bridgehead atoms. The SMILES string of the molecule is Cc1ccc2c(c1)c1ccc3c4ccccc4sc3c1n2-c1c(C#N)c(-n2c3ccccc3c3cc(F)ccc32)c(-n2c3ccccc3c3cc(F)ccc32)c(C#N)c1-n1c2ccccc2c2cc(F)ccc21. The molecule has 5 heterocycles. The summed E-state index contributed by atoms with van der Waals surface area (Å²) in [6, 6.07) is 61.6. The second-order valence-electron chi connectivity index (χ2n) is 18.7. The van der Waals surface area contributed by atoms with E-state index in [1.165, 1.54) is 36.4 Å². The van der Waals surface area contributed by atoms with E-state index in [0.717, 1.165) is 63.7 Å². The van der Waals surface area contributed by atoms with Crippen LogP contribution in [-0.2, 0) is 0 Å². The monoisotopic (exact) mass is 962 g/mol. The number of aromatic nitrogens is 4. The van der Waals surface area contributed by atoms with E-state index in [-0.39, 0.29) is 11.1 Å². The molecule has 0 aliphatic carbocycles. The molecule has 10 aromatic carbocycles. The van der Waals surface area contributed by atoms with Crippen molar-refractivity contribution in [2.45, 2.75) is 6.92 Å². The number of hydrogen-bond acceptors (Lipinski definition) is 3. The van der Waals surface area contributed by atoms with Gasteiger partial charge in [-0.15, -0.1) is 11.3 Å². The first-order chi connectivity index (χ1) is 35.8. The molecule has 0 atom stereocenters.